The first-order chi connectivity index (χ1) is 11.1. The van der Waals surface area contributed by atoms with E-state index >= 15 is 0 Å². The minimum atomic E-state index is -0.346. The van der Waals surface area contributed by atoms with Gasteiger partial charge in [-0.2, -0.15) is 0 Å². The Bertz CT molecular complexity index is 717. The molecule has 3 rings (SSSR count). The van der Waals surface area contributed by atoms with Crippen molar-refractivity contribution < 1.29 is 14.0 Å². The molecule has 118 valence electrons. The van der Waals surface area contributed by atoms with Gasteiger partial charge in [-0.05, 0) is 6.07 Å². The molecule has 6 nitrogen and oxygen atoms in total. The van der Waals surface area contributed by atoms with Gasteiger partial charge >= 0.3 is 0 Å². The maximum absolute atomic E-state index is 13.5. The molecule has 0 aliphatic carbocycles. The number of amides is 2. The van der Waals surface area contributed by atoms with Crippen molar-refractivity contribution in [2.75, 3.05) is 13.1 Å². The Morgan fingerprint density at radius 2 is 2.04 bits per heavy atom. The van der Waals surface area contributed by atoms with Crippen LogP contribution in [0.25, 0.3) is 0 Å². The predicted octanol–water partition coefficient (Wildman–Crippen LogP) is 1.00. The molecule has 23 heavy (non-hydrogen) atoms. The standard InChI is InChI=1S/C16H15FN4O2/c17-13-4-2-1-3-11(13)7-20-15(22)12-9-21(10-12)16(23)14-8-18-5-6-19-14/h1-6,8,12H,7,9-10H2,(H,20,22). The van der Waals surface area contributed by atoms with Crippen LogP contribution in [0.2, 0.25) is 0 Å². The fraction of sp³-hybridized carbons (Fsp3) is 0.250. The van der Waals surface area contributed by atoms with Crippen molar-refractivity contribution in [1.29, 1.82) is 0 Å². The molecule has 2 heterocycles. The second kappa shape index (κ2) is 6.51. The normalized spacial score (nSPS) is 14.2. The van der Waals surface area contributed by atoms with E-state index in [0.717, 1.165) is 0 Å². The van der Waals surface area contributed by atoms with Crippen LogP contribution in [0.1, 0.15) is 16.1 Å². The van der Waals surface area contributed by atoms with E-state index in [1.54, 1.807) is 18.2 Å². The maximum atomic E-state index is 13.5. The van der Waals surface area contributed by atoms with Crippen molar-refractivity contribution in [3.8, 4) is 0 Å². The zero-order valence-electron chi connectivity index (χ0n) is 12.3. The fourth-order valence-corrected chi connectivity index (χ4v) is 2.35. The topological polar surface area (TPSA) is 75.2 Å². The summed E-state index contributed by atoms with van der Waals surface area (Å²) in [6.07, 6.45) is 4.34. The van der Waals surface area contributed by atoms with Crippen LogP contribution in [0.5, 0.6) is 0 Å². The lowest BCUT2D eigenvalue weighted by atomic mass is 9.98. The van der Waals surface area contributed by atoms with Gasteiger partial charge in [-0.1, -0.05) is 18.2 Å². The van der Waals surface area contributed by atoms with Crippen LogP contribution in [0.15, 0.2) is 42.9 Å². The minimum absolute atomic E-state index is 0.139. The highest BCUT2D eigenvalue weighted by Gasteiger charge is 2.36. The lowest BCUT2D eigenvalue weighted by molar-refractivity contribution is -0.129. The summed E-state index contributed by atoms with van der Waals surface area (Å²) in [5, 5.41) is 2.70. The van der Waals surface area contributed by atoms with Crippen LogP contribution in [0, 0.1) is 11.7 Å². The van der Waals surface area contributed by atoms with E-state index < -0.39 is 0 Å². The molecule has 0 bridgehead atoms. The number of hydrogen-bond acceptors (Lipinski definition) is 4. The Labute approximate surface area is 132 Å². The van der Waals surface area contributed by atoms with E-state index in [2.05, 4.69) is 15.3 Å². The highest BCUT2D eigenvalue weighted by atomic mass is 19.1. The molecule has 0 unspecified atom stereocenters. The molecular weight excluding hydrogens is 299 g/mol. The molecule has 1 aliphatic rings. The van der Waals surface area contributed by atoms with Gasteiger partial charge in [0.25, 0.3) is 5.91 Å². The molecule has 0 radical (unpaired) electrons. The molecule has 2 amide bonds. The first kappa shape index (κ1) is 15.1. The minimum Gasteiger partial charge on any atom is -0.352 e. The molecule has 7 heteroatoms. The molecule has 1 saturated heterocycles. The summed E-state index contributed by atoms with van der Waals surface area (Å²) in [6.45, 7) is 0.803. The fourth-order valence-electron chi connectivity index (χ4n) is 2.35. The molecule has 1 aromatic heterocycles. The van der Waals surface area contributed by atoms with Crippen molar-refractivity contribution in [3.63, 3.8) is 0 Å². The number of likely N-dealkylation sites (tertiary alicyclic amines) is 1. The molecule has 0 atom stereocenters. The Morgan fingerprint density at radius 1 is 1.26 bits per heavy atom. The van der Waals surface area contributed by atoms with Gasteiger partial charge in [0.2, 0.25) is 5.91 Å². The van der Waals surface area contributed by atoms with Crippen LogP contribution in [-0.2, 0) is 11.3 Å². The summed E-state index contributed by atoms with van der Waals surface area (Å²) in [5.74, 6) is -1.05. The molecule has 1 aliphatic heterocycles. The van der Waals surface area contributed by atoms with Gasteiger partial charge in [0.1, 0.15) is 11.5 Å². The van der Waals surface area contributed by atoms with Crippen molar-refractivity contribution in [1.82, 2.24) is 20.2 Å². The first-order valence-corrected chi connectivity index (χ1v) is 7.21. The van der Waals surface area contributed by atoms with E-state index in [-0.39, 0.29) is 35.8 Å². The zero-order valence-corrected chi connectivity index (χ0v) is 12.3. The summed E-state index contributed by atoms with van der Waals surface area (Å²) in [5.41, 5.74) is 0.699. The molecular formula is C16H15FN4O2. The third-order valence-corrected chi connectivity index (χ3v) is 3.73. The number of carbonyl (C=O) groups is 2. The Morgan fingerprint density at radius 3 is 2.74 bits per heavy atom. The van der Waals surface area contributed by atoms with Gasteiger partial charge in [-0.15, -0.1) is 0 Å². The van der Waals surface area contributed by atoms with Crippen LogP contribution in [-0.4, -0.2) is 39.8 Å². The van der Waals surface area contributed by atoms with E-state index in [1.807, 2.05) is 0 Å². The van der Waals surface area contributed by atoms with Gasteiger partial charge in [-0.25, -0.2) is 9.37 Å². The molecule has 0 saturated carbocycles. The van der Waals surface area contributed by atoms with E-state index in [9.17, 15) is 14.0 Å². The predicted molar refractivity (Wildman–Crippen MR) is 79.7 cm³/mol. The Kier molecular flexibility index (Phi) is 4.27. The number of benzene rings is 1. The van der Waals surface area contributed by atoms with E-state index in [0.29, 0.717) is 18.7 Å². The van der Waals surface area contributed by atoms with Crippen molar-refractivity contribution in [2.45, 2.75) is 6.54 Å². The Balaban J connectivity index is 1.48. The number of aromatic nitrogens is 2. The van der Waals surface area contributed by atoms with Gasteiger partial charge in [0, 0.05) is 37.6 Å². The van der Waals surface area contributed by atoms with Crippen LogP contribution in [0.4, 0.5) is 4.39 Å². The summed E-state index contributed by atoms with van der Waals surface area (Å²) in [7, 11) is 0. The average molecular weight is 314 g/mol. The number of nitrogens with one attached hydrogen (secondary N) is 1. The molecule has 0 spiro atoms. The first-order valence-electron chi connectivity index (χ1n) is 7.21. The summed E-state index contributed by atoms with van der Waals surface area (Å²) >= 11 is 0. The monoisotopic (exact) mass is 314 g/mol. The van der Waals surface area contributed by atoms with Crippen LogP contribution < -0.4 is 5.32 Å². The van der Waals surface area contributed by atoms with Crippen molar-refractivity contribution in [3.05, 3.63) is 59.9 Å². The van der Waals surface area contributed by atoms with E-state index in [4.69, 9.17) is 0 Å². The number of rotatable bonds is 4. The Hall–Kier alpha value is -2.83. The second-order valence-electron chi connectivity index (χ2n) is 5.31. The van der Waals surface area contributed by atoms with Gasteiger partial charge in [0.15, 0.2) is 0 Å². The number of carbonyl (C=O) groups excluding carboxylic acids is 2. The second-order valence-corrected chi connectivity index (χ2v) is 5.31. The highest BCUT2D eigenvalue weighted by Crippen LogP contribution is 2.18. The van der Waals surface area contributed by atoms with Gasteiger partial charge < -0.3 is 10.2 Å². The molecule has 1 aromatic carbocycles. The highest BCUT2D eigenvalue weighted by molar-refractivity contribution is 5.94. The zero-order chi connectivity index (χ0) is 16.2. The molecule has 2 aromatic rings. The average Bonchev–Trinajstić information content (AvgIpc) is 2.53. The largest absolute Gasteiger partial charge is 0.352 e. The summed E-state index contributed by atoms with van der Waals surface area (Å²) in [6, 6.07) is 6.30. The number of halogens is 1. The lowest BCUT2D eigenvalue weighted by Crippen LogP contribution is -2.55. The SMILES string of the molecule is O=C(NCc1ccccc1F)C1CN(C(=O)c2cnccn2)C1. The molecule has 1 fully saturated rings. The van der Waals surface area contributed by atoms with Gasteiger partial charge in [0.05, 0.1) is 12.1 Å². The smallest absolute Gasteiger partial charge is 0.274 e. The quantitative estimate of drug-likeness (QED) is 0.914. The van der Waals surface area contributed by atoms with Gasteiger partial charge in [-0.3, -0.25) is 14.6 Å². The van der Waals surface area contributed by atoms with E-state index in [1.165, 1.54) is 29.6 Å². The number of nitrogens with zero attached hydrogens (tertiary/aromatic N) is 3. The van der Waals surface area contributed by atoms with Crippen molar-refractivity contribution in [2.24, 2.45) is 5.92 Å². The third kappa shape index (κ3) is 3.33. The van der Waals surface area contributed by atoms with Crippen LogP contribution >= 0.6 is 0 Å². The maximum Gasteiger partial charge on any atom is 0.274 e. The van der Waals surface area contributed by atoms with Crippen LogP contribution in [0.3, 0.4) is 0 Å². The summed E-state index contributed by atoms with van der Waals surface area (Å²) in [4.78, 5) is 33.4. The third-order valence-electron chi connectivity index (χ3n) is 3.73. The lowest BCUT2D eigenvalue weighted by Gasteiger charge is -2.37. The number of hydrogen-bond donors (Lipinski definition) is 1. The summed E-state index contributed by atoms with van der Waals surface area (Å²) < 4.78 is 13.5. The van der Waals surface area contributed by atoms with Crippen molar-refractivity contribution >= 4 is 11.8 Å². The molecule has 1 N–H and O–H groups in total.